The Morgan fingerprint density at radius 3 is 1.68 bits per heavy atom. The van der Waals surface area contributed by atoms with Crippen molar-refractivity contribution in [2.75, 3.05) is 0 Å². The zero-order valence-electron chi connectivity index (χ0n) is 14.2. The molecule has 105 valence electrons. The summed E-state index contributed by atoms with van der Waals surface area (Å²) < 4.78 is 0. The highest BCUT2D eigenvalue weighted by Gasteiger charge is 2.36. The van der Waals surface area contributed by atoms with Gasteiger partial charge in [-0.1, -0.05) is 86.8 Å². The first kappa shape index (κ1) is 17.2. The minimum Gasteiger partial charge on any atom is -0.0951 e. The van der Waals surface area contributed by atoms with Crippen LogP contribution in [0.2, 0.25) is 45.4 Å². The summed E-state index contributed by atoms with van der Waals surface area (Å²) in [5.74, 6) is 0. The van der Waals surface area contributed by atoms with Gasteiger partial charge in [0.05, 0.1) is 26.4 Å². The Labute approximate surface area is 126 Å². The monoisotopic (exact) mass is 305 g/mol. The molecule has 3 radical (unpaired) electrons. The van der Waals surface area contributed by atoms with Crippen LogP contribution in [0.1, 0.15) is 27.2 Å². The highest BCUT2D eigenvalue weighted by molar-refractivity contribution is 7.02. The molecule has 0 atom stereocenters. The van der Waals surface area contributed by atoms with Crippen LogP contribution in [-0.4, -0.2) is 33.1 Å². The van der Waals surface area contributed by atoms with Crippen molar-refractivity contribution < 1.29 is 0 Å². The molecule has 0 spiro atoms. The van der Waals surface area contributed by atoms with E-state index in [1.54, 1.807) is 0 Å². The van der Waals surface area contributed by atoms with Crippen molar-refractivity contribution in [1.82, 2.24) is 0 Å². The zero-order chi connectivity index (χ0) is 14.7. The van der Waals surface area contributed by atoms with Crippen LogP contribution in [0.4, 0.5) is 0 Å². The number of hydrogen-bond donors (Lipinski definition) is 0. The molecule has 0 amide bonds. The summed E-state index contributed by atoms with van der Waals surface area (Å²) in [6.45, 7) is 20.6. The Hall–Kier alpha value is 0.196. The van der Waals surface area contributed by atoms with E-state index in [1.165, 1.54) is 19.1 Å². The summed E-state index contributed by atoms with van der Waals surface area (Å²) in [6, 6.07) is 0. The second-order valence-corrected chi connectivity index (χ2v) is 14.4. The van der Waals surface area contributed by atoms with E-state index < -0.39 is 0 Å². The van der Waals surface area contributed by atoms with Crippen molar-refractivity contribution in [3.63, 3.8) is 0 Å². The molecular weight excluding hydrogens is 275 g/mol. The Morgan fingerprint density at radius 2 is 1.37 bits per heavy atom. The van der Waals surface area contributed by atoms with Crippen molar-refractivity contribution in [2.24, 2.45) is 0 Å². The van der Waals surface area contributed by atoms with E-state index in [0.717, 1.165) is 6.71 Å². The lowest BCUT2D eigenvalue weighted by Gasteiger charge is -2.20. The van der Waals surface area contributed by atoms with E-state index in [2.05, 4.69) is 53.5 Å². The van der Waals surface area contributed by atoms with Crippen molar-refractivity contribution in [1.29, 1.82) is 0 Å². The molecule has 1 aliphatic rings. The molecule has 0 saturated heterocycles. The SMILES string of the molecule is CCB(CC)C1=C([Si](C)C)[Si](C)C([Si](C)C)=C1CC. The molecule has 0 aromatic carbocycles. The van der Waals surface area contributed by atoms with Crippen LogP contribution < -0.4 is 0 Å². The highest BCUT2D eigenvalue weighted by Crippen LogP contribution is 2.39. The lowest BCUT2D eigenvalue weighted by atomic mass is 9.40. The van der Waals surface area contributed by atoms with Crippen LogP contribution in [0.5, 0.6) is 0 Å². The van der Waals surface area contributed by atoms with Gasteiger partial charge in [-0.25, -0.2) is 0 Å². The van der Waals surface area contributed by atoms with Gasteiger partial charge >= 0.3 is 0 Å². The maximum absolute atomic E-state index is 2.59. The normalized spacial score (nSPS) is 17.4. The largest absolute Gasteiger partial charge is 0.174 e. The van der Waals surface area contributed by atoms with E-state index >= 15 is 0 Å². The van der Waals surface area contributed by atoms with Crippen molar-refractivity contribution >= 4 is 33.1 Å². The van der Waals surface area contributed by atoms with Crippen LogP contribution in [0.15, 0.2) is 20.7 Å². The van der Waals surface area contributed by atoms with Crippen molar-refractivity contribution in [3.05, 3.63) is 20.7 Å². The Balaban J connectivity index is 3.42. The number of rotatable bonds is 6. The number of hydrogen-bond acceptors (Lipinski definition) is 0. The maximum atomic E-state index is 2.59. The predicted molar refractivity (Wildman–Crippen MR) is 97.6 cm³/mol. The average molecular weight is 305 g/mol. The van der Waals surface area contributed by atoms with Gasteiger partial charge in [-0.15, -0.1) is 0 Å². The lowest BCUT2D eigenvalue weighted by Crippen LogP contribution is -2.28. The van der Waals surface area contributed by atoms with E-state index in [-0.39, 0.29) is 26.4 Å². The van der Waals surface area contributed by atoms with Gasteiger partial charge in [0.15, 0.2) is 6.71 Å². The lowest BCUT2D eigenvalue weighted by molar-refractivity contribution is 1.13. The van der Waals surface area contributed by atoms with Crippen LogP contribution in [-0.2, 0) is 0 Å². The van der Waals surface area contributed by atoms with Crippen molar-refractivity contribution in [2.45, 2.75) is 72.6 Å². The minimum absolute atomic E-state index is 0.269. The molecule has 0 aromatic heterocycles. The van der Waals surface area contributed by atoms with Crippen LogP contribution in [0, 0.1) is 0 Å². The van der Waals surface area contributed by atoms with Crippen LogP contribution >= 0.6 is 0 Å². The third-order valence-corrected chi connectivity index (χ3v) is 14.3. The van der Waals surface area contributed by atoms with E-state index in [1.807, 2.05) is 20.7 Å². The molecule has 0 aliphatic carbocycles. The Kier molecular flexibility index (Phi) is 6.60. The molecule has 4 heteroatoms. The number of allylic oxidation sites excluding steroid dienone is 2. The molecule has 0 bridgehead atoms. The van der Waals surface area contributed by atoms with Gasteiger partial charge in [-0.3, -0.25) is 0 Å². The fourth-order valence-electron chi connectivity index (χ4n) is 3.67. The van der Waals surface area contributed by atoms with Gasteiger partial charge < -0.3 is 0 Å². The summed E-state index contributed by atoms with van der Waals surface area (Å²) in [5, 5.41) is 0. The fraction of sp³-hybridized carbons (Fsp3) is 0.733. The standard InChI is InChI=1S/C15H30BSi3/c1-9-12-13(16(10-2)11-3)15(18(6)7)19(8)14(12)17(4)5/h9-11H2,1-8H3. The molecule has 0 nitrogen and oxygen atoms in total. The minimum atomic E-state index is -0.356. The van der Waals surface area contributed by atoms with E-state index in [4.69, 9.17) is 0 Å². The molecule has 0 saturated carbocycles. The summed E-state index contributed by atoms with van der Waals surface area (Å²) in [4.78, 5) is 3.93. The topological polar surface area (TPSA) is 0 Å². The average Bonchev–Trinajstić information content (AvgIpc) is 2.63. The van der Waals surface area contributed by atoms with E-state index in [0.29, 0.717) is 0 Å². The summed E-state index contributed by atoms with van der Waals surface area (Å²) >= 11 is 0. The summed E-state index contributed by atoms with van der Waals surface area (Å²) in [5.41, 5.74) is 3.69. The maximum Gasteiger partial charge on any atom is 0.174 e. The van der Waals surface area contributed by atoms with E-state index in [9.17, 15) is 0 Å². The first-order valence-electron chi connectivity index (χ1n) is 7.83. The first-order chi connectivity index (χ1) is 8.90. The smallest absolute Gasteiger partial charge is 0.0951 e. The van der Waals surface area contributed by atoms with Gasteiger partial charge in [0, 0.05) is 0 Å². The zero-order valence-corrected chi connectivity index (χ0v) is 17.2. The van der Waals surface area contributed by atoms with Gasteiger partial charge in [-0.05, 0) is 6.42 Å². The van der Waals surface area contributed by atoms with Gasteiger partial charge in [-0.2, -0.15) is 0 Å². The second kappa shape index (κ2) is 7.27. The fourth-order valence-corrected chi connectivity index (χ4v) is 14.4. The third-order valence-electron chi connectivity index (χ3n) is 4.39. The Bertz CT molecular complexity index is 379. The highest BCUT2D eigenvalue weighted by atomic mass is 28.4. The second-order valence-electron chi connectivity index (χ2n) is 6.13. The molecule has 0 fully saturated rings. The molecular formula is C15H30BSi3. The first-order valence-corrected chi connectivity index (χ1v) is 14.8. The molecule has 19 heavy (non-hydrogen) atoms. The van der Waals surface area contributed by atoms with Gasteiger partial charge in [0.1, 0.15) is 0 Å². The molecule has 0 N–H and O–H groups in total. The molecule has 1 rings (SSSR count). The molecule has 0 aromatic rings. The molecule has 1 aliphatic heterocycles. The van der Waals surface area contributed by atoms with Crippen LogP contribution in [0.25, 0.3) is 0 Å². The summed E-state index contributed by atoms with van der Waals surface area (Å²) in [6.07, 6.45) is 3.93. The Morgan fingerprint density at radius 1 is 0.895 bits per heavy atom. The van der Waals surface area contributed by atoms with Crippen molar-refractivity contribution in [3.8, 4) is 0 Å². The molecule has 1 heterocycles. The van der Waals surface area contributed by atoms with Gasteiger partial charge in [0.25, 0.3) is 0 Å². The predicted octanol–water partition coefficient (Wildman–Crippen LogP) is 4.87. The summed E-state index contributed by atoms with van der Waals surface area (Å²) in [7, 11) is -0.907. The van der Waals surface area contributed by atoms with Gasteiger partial charge in [0.2, 0.25) is 0 Å². The quantitative estimate of drug-likeness (QED) is 0.614. The molecule has 0 unspecified atom stereocenters. The third kappa shape index (κ3) is 3.27. The van der Waals surface area contributed by atoms with Crippen LogP contribution in [0.3, 0.4) is 0 Å².